The summed E-state index contributed by atoms with van der Waals surface area (Å²) in [6.45, 7) is 3.29. The van der Waals surface area contributed by atoms with Crippen molar-refractivity contribution < 1.29 is 14.3 Å². The number of rotatable bonds is 7. The van der Waals surface area contributed by atoms with Crippen LogP contribution in [0.5, 0.6) is 0 Å². The fraction of sp³-hybridized carbons (Fsp3) is 0.818. The Kier molecular flexibility index (Phi) is 7.54. The Morgan fingerprint density at radius 2 is 2.00 bits per heavy atom. The van der Waals surface area contributed by atoms with Gasteiger partial charge in [0, 0.05) is 6.54 Å². The van der Waals surface area contributed by atoms with Crippen molar-refractivity contribution in [2.45, 2.75) is 19.8 Å². The molecule has 94 valence electrons. The molecule has 16 heavy (non-hydrogen) atoms. The maximum Gasteiger partial charge on any atom is 0.318 e. The fourth-order valence-electron chi connectivity index (χ4n) is 1.33. The Morgan fingerprint density at radius 3 is 2.44 bits per heavy atom. The summed E-state index contributed by atoms with van der Waals surface area (Å²) < 4.78 is 4.56. The SMILES string of the molecule is CCC(C(=O)NCCCN(C)C)C(=O)OC. The van der Waals surface area contributed by atoms with Crippen molar-refractivity contribution >= 4 is 11.9 Å². The molecule has 0 aliphatic rings. The van der Waals surface area contributed by atoms with Crippen molar-refractivity contribution in [3.8, 4) is 0 Å². The van der Waals surface area contributed by atoms with Gasteiger partial charge in [-0.3, -0.25) is 9.59 Å². The van der Waals surface area contributed by atoms with Gasteiger partial charge in [0.2, 0.25) is 5.91 Å². The first kappa shape index (κ1) is 14.9. The monoisotopic (exact) mass is 230 g/mol. The Hall–Kier alpha value is -1.10. The van der Waals surface area contributed by atoms with Gasteiger partial charge in [-0.15, -0.1) is 0 Å². The van der Waals surface area contributed by atoms with E-state index in [9.17, 15) is 9.59 Å². The van der Waals surface area contributed by atoms with Gasteiger partial charge in [-0.2, -0.15) is 0 Å². The topological polar surface area (TPSA) is 58.6 Å². The number of nitrogens with one attached hydrogen (secondary N) is 1. The quantitative estimate of drug-likeness (QED) is 0.387. The first-order valence-electron chi connectivity index (χ1n) is 5.53. The fourth-order valence-corrected chi connectivity index (χ4v) is 1.33. The molecule has 0 aliphatic carbocycles. The second kappa shape index (κ2) is 8.10. The molecule has 0 heterocycles. The molecule has 0 saturated heterocycles. The van der Waals surface area contributed by atoms with Crippen molar-refractivity contribution in [1.82, 2.24) is 10.2 Å². The zero-order valence-corrected chi connectivity index (χ0v) is 10.6. The molecule has 5 nitrogen and oxygen atoms in total. The van der Waals surface area contributed by atoms with Crippen LogP contribution in [-0.4, -0.2) is 51.1 Å². The van der Waals surface area contributed by atoms with Gasteiger partial charge in [-0.05, 0) is 33.5 Å². The molecule has 1 amide bonds. The van der Waals surface area contributed by atoms with Crippen molar-refractivity contribution in [1.29, 1.82) is 0 Å². The van der Waals surface area contributed by atoms with Crippen LogP contribution >= 0.6 is 0 Å². The molecule has 0 rings (SSSR count). The molecule has 1 unspecified atom stereocenters. The van der Waals surface area contributed by atoms with Gasteiger partial charge in [-0.25, -0.2) is 0 Å². The number of esters is 1. The highest BCUT2D eigenvalue weighted by atomic mass is 16.5. The zero-order chi connectivity index (χ0) is 12.6. The Labute approximate surface area is 97.1 Å². The number of amides is 1. The summed E-state index contributed by atoms with van der Waals surface area (Å²) in [6, 6.07) is 0. The van der Waals surface area contributed by atoms with E-state index >= 15 is 0 Å². The number of nitrogens with zero attached hydrogens (tertiary/aromatic N) is 1. The zero-order valence-electron chi connectivity index (χ0n) is 10.6. The molecule has 0 fully saturated rings. The second-order valence-corrected chi connectivity index (χ2v) is 3.93. The lowest BCUT2D eigenvalue weighted by molar-refractivity contribution is -0.150. The number of methoxy groups -OCH3 is 1. The molecule has 0 saturated carbocycles. The van der Waals surface area contributed by atoms with Gasteiger partial charge < -0.3 is 15.0 Å². The van der Waals surface area contributed by atoms with E-state index in [1.165, 1.54) is 7.11 Å². The van der Waals surface area contributed by atoms with Gasteiger partial charge in [0.15, 0.2) is 0 Å². The molecule has 1 N–H and O–H groups in total. The average Bonchev–Trinajstić information content (AvgIpc) is 2.24. The lowest BCUT2D eigenvalue weighted by atomic mass is 10.1. The maximum atomic E-state index is 11.6. The van der Waals surface area contributed by atoms with E-state index in [0.29, 0.717) is 13.0 Å². The van der Waals surface area contributed by atoms with E-state index in [1.54, 1.807) is 6.92 Å². The van der Waals surface area contributed by atoms with Gasteiger partial charge >= 0.3 is 5.97 Å². The normalized spacial score (nSPS) is 12.3. The van der Waals surface area contributed by atoms with Crippen LogP contribution in [0.25, 0.3) is 0 Å². The molecule has 0 aromatic carbocycles. The summed E-state index contributed by atoms with van der Waals surface area (Å²) >= 11 is 0. The lowest BCUT2D eigenvalue weighted by Crippen LogP contribution is -2.36. The number of hydrogen-bond donors (Lipinski definition) is 1. The highest BCUT2D eigenvalue weighted by Gasteiger charge is 2.24. The van der Waals surface area contributed by atoms with Crippen molar-refractivity contribution in [3.05, 3.63) is 0 Å². The minimum absolute atomic E-state index is 0.242. The van der Waals surface area contributed by atoms with E-state index in [1.807, 2.05) is 19.0 Å². The van der Waals surface area contributed by atoms with Crippen LogP contribution in [-0.2, 0) is 14.3 Å². The molecule has 0 spiro atoms. The number of carbonyl (C=O) groups is 2. The largest absolute Gasteiger partial charge is 0.468 e. The molecule has 0 aromatic rings. The summed E-state index contributed by atoms with van der Waals surface area (Å²) in [6.07, 6.45) is 1.34. The molecular formula is C11H22N2O3. The van der Waals surface area contributed by atoms with Gasteiger partial charge in [0.1, 0.15) is 5.92 Å². The van der Waals surface area contributed by atoms with Crippen LogP contribution < -0.4 is 5.32 Å². The molecule has 5 heteroatoms. The van der Waals surface area contributed by atoms with Crippen LogP contribution in [0.1, 0.15) is 19.8 Å². The van der Waals surface area contributed by atoms with Crippen LogP contribution in [0.3, 0.4) is 0 Å². The summed E-state index contributed by atoms with van der Waals surface area (Å²) in [5, 5.41) is 2.74. The first-order chi connectivity index (χ1) is 7.52. The second-order valence-electron chi connectivity index (χ2n) is 3.93. The molecule has 0 radical (unpaired) electrons. The van der Waals surface area contributed by atoms with Crippen molar-refractivity contribution in [3.63, 3.8) is 0 Å². The van der Waals surface area contributed by atoms with Crippen molar-refractivity contribution in [2.24, 2.45) is 5.92 Å². The molecule has 0 bridgehead atoms. The molecular weight excluding hydrogens is 208 g/mol. The Bertz CT molecular complexity index is 229. The van der Waals surface area contributed by atoms with E-state index in [0.717, 1.165) is 13.0 Å². The minimum atomic E-state index is -0.677. The number of hydrogen-bond acceptors (Lipinski definition) is 4. The van der Waals surface area contributed by atoms with Crippen LogP contribution in [0, 0.1) is 5.92 Å². The van der Waals surface area contributed by atoms with Crippen LogP contribution in [0.2, 0.25) is 0 Å². The minimum Gasteiger partial charge on any atom is -0.468 e. The van der Waals surface area contributed by atoms with Crippen LogP contribution in [0.15, 0.2) is 0 Å². The van der Waals surface area contributed by atoms with E-state index in [-0.39, 0.29) is 5.91 Å². The summed E-state index contributed by atoms with van der Waals surface area (Å²) in [5.41, 5.74) is 0. The highest BCUT2D eigenvalue weighted by Crippen LogP contribution is 2.04. The molecule has 1 atom stereocenters. The van der Waals surface area contributed by atoms with Gasteiger partial charge in [0.25, 0.3) is 0 Å². The Balaban J connectivity index is 3.89. The average molecular weight is 230 g/mol. The maximum absolute atomic E-state index is 11.6. The van der Waals surface area contributed by atoms with Crippen LogP contribution in [0.4, 0.5) is 0 Å². The third-order valence-electron chi connectivity index (χ3n) is 2.29. The predicted octanol–water partition coefficient (Wildman–Crippen LogP) is 0.254. The Morgan fingerprint density at radius 1 is 1.38 bits per heavy atom. The summed E-state index contributed by atoms with van der Waals surface area (Å²) in [4.78, 5) is 24.9. The highest BCUT2D eigenvalue weighted by molar-refractivity contribution is 5.97. The number of carbonyl (C=O) groups excluding carboxylic acids is 2. The summed E-state index contributed by atoms with van der Waals surface area (Å²) in [7, 11) is 5.25. The first-order valence-corrected chi connectivity index (χ1v) is 5.53. The predicted molar refractivity (Wildman–Crippen MR) is 62.0 cm³/mol. The van der Waals surface area contributed by atoms with Gasteiger partial charge in [0.05, 0.1) is 7.11 Å². The van der Waals surface area contributed by atoms with E-state index < -0.39 is 11.9 Å². The van der Waals surface area contributed by atoms with E-state index in [2.05, 4.69) is 10.1 Å². The van der Waals surface area contributed by atoms with E-state index in [4.69, 9.17) is 0 Å². The van der Waals surface area contributed by atoms with Crippen molar-refractivity contribution in [2.75, 3.05) is 34.3 Å². The smallest absolute Gasteiger partial charge is 0.318 e. The summed E-state index contributed by atoms with van der Waals surface area (Å²) in [5.74, 6) is -1.38. The number of ether oxygens (including phenoxy) is 1. The van der Waals surface area contributed by atoms with Gasteiger partial charge in [-0.1, -0.05) is 6.92 Å². The standard InChI is InChI=1S/C11H22N2O3/c1-5-9(11(15)16-4)10(14)12-7-6-8-13(2)3/h9H,5-8H2,1-4H3,(H,12,14). The molecule has 0 aromatic heterocycles. The third-order valence-corrected chi connectivity index (χ3v) is 2.29. The third kappa shape index (κ3) is 5.70. The lowest BCUT2D eigenvalue weighted by Gasteiger charge is -2.13. The molecule has 0 aliphatic heterocycles.